The van der Waals surface area contributed by atoms with Gasteiger partial charge in [-0.15, -0.1) is 11.3 Å². The minimum Gasteiger partial charge on any atom is -0.481 e. The molecule has 1 N–H and O–H groups in total. The van der Waals surface area contributed by atoms with Crippen molar-refractivity contribution in [3.63, 3.8) is 0 Å². The van der Waals surface area contributed by atoms with Crippen molar-refractivity contribution in [3.05, 3.63) is 17.5 Å². The van der Waals surface area contributed by atoms with Crippen molar-refractivity contribution >= 4 is 27.5 Å². The van der Waals surface area contributed by atoms with Crippen LogP contribution >= 0.6 is 11.3 Å². The molecule has 5 heteroatoms. The first kappa shape index (κ1) is 10.8. The first-order chi connectivity index (χ1) is 8.24. The highest BCUT2D eigenvalue weighted by Gasteiger charge is 2.28. The van der Waals surface area contributed by atoms with Crippen LogP contribution < -0.4 is 0 Å². The lowest BCUT2D eigenvalue weighted by Gasteiger charge is -2.24. The molecule has 3 rings (SSSR count). The van der Waals surface area contributed by atoms with Gasteiger partial charge in [0.25, 0.3) is 0 Å². The summed E-state index contributed by atoms with van der Waals surface area (Å²) < 4.78 is 6.15. The number of hydrogen-bond acceptors (Lipinski definition) is 4. The van der Waals surface area contributed by atoms with Gasteiger partial charge in [0.15, 0.2) is 0 Å². The third kappa shape index (κ3) is 1.95. The van der Waals surface area contributed by atoms with Crippen LogP contribution in [0.1, 0.15) is 36.6 Å². The largest absolute Gasteiger partial charge is 0.481 e. The van der Waals surface area contributed by atoms with E-state index < -0.39 is 5.97 Å². The zero-order valence-corrected chi connectivity index (χ0v) is 10.1. The summed E-state index contributed by atoms with van der Waals surface area (Å²) in [6, 6.07) is 0. The SMILES string of the molecule is O=C(O)C1CCC(c2nc3cocc3s2)CC1. The summed E-state index contributed by atoms with van der Waals surface area (Å²) in [5.41, 5.74) is 0.922. The number of fused-ring (bicyclic) bond motifs is 1. The monoisotopic (exact) mass is 251 g/mol. The lowest BCUT2D eigenvalue weighted by Crippen LogP contribution is -2.20. The van der Waals surface area contributed by atoms with Gasteiger partial charge in [-0.3, -0.25) is 4.79 Å². The number of rotatable bonds is 2. The summed E-state index contributed by atoms with van der Waals surface area (Å²) in [5, 5.41) is 10.1. The molecule has 0 radical (unpaired) electrons. The van der Waals surface area contributed by atoms with Crippen molar-refractivity contribution in [2.45, 2.75) is 31.6 Å². The number of furan rings is 1. The topological polar surface area (TPSA) is 63.3 Å². The maximum atomic E-state index is 10.9. The van der Waals surface area contributed by atoms with E-state index in [1.165, 1.54) is 0 Å². The number of nitrogens with zero attached hydrogens (tertiary/aromatic N) is 1. The second-order valence-corrected chi connectivity index (χ2v) is 5.62. The molecule has 2 aromatic heterocycles. The molecule has 0 spiro atoms. The normalized spacial score (nSPS) is 25.2. The van der Waals surface area contributed by atoms with Crippen LogP contribution in [-0.4, -0.2) is 16.1 Å². The third-order valence-electron chi connectivity index (χ3n) is 3.48. The molecule has 1 saturated carbocycles. The zero-order valence-electron chi connectivity index (χ0n) is 9.26. The predicted molar refractivity (Wildman–Crippen MR) is 64.2 cm³/mol. The van der Waals surface area contributed by atoms with Crippen molar-refractivity contribution in [2.24, 2.45) is 5.92 Å². The molecule has 2 heterocycles. The maximum Gasteiger partial charge on any atom is 0.306 e. The van der Waals surface area contributed by atoms with E-state index in [4.69, 9.17) is 9.52 Å². The number of carboxylic acid groups (broad SMARTS) is 1. The molecule has 1 aliphatic rings. The molecule has 4 nitrogen and oxygen atoms in total. The van der Waals surface area contributed by atoms with Crippen LogP contribution in [0, 0.1) is 5.92 Å². The number of carboxylic acids is 1. The summed E-state index contributed by atoms with van der Waals surface area (Å²) in [6.07, 6.45) is 6.80. The summed E-state index contributed by atoms with van der Waals surface area (Å²) in [5.74, 6) is -0.373. The zero-order chi connectivity index (χ0) is 11.8. The van der Waals surface area contributed by atoms with Crippen molar-refractivity contribution < 1.29 is 14.3 Å². The maximum absolute atomic E-state index is 10.9. The summed E-state index contributed by atoms with van der Waals surface area (Å²) in [6.45, 7) is 0. The van der Waals surface area contributed by atoms with Crippen LogP contribution in [0.5, 0.6) is 0 Å². The lowest BCUT2D eigenvalue weighted by atomic mass is 9.82. The average molecular weight is 251 g/mol. The van der Waals surface area contributed by atoms with Crippen LogP contribution in [0.4, 0.5) is 0 Å². The molecular formula is C12H13NO3S. The molecule has 1 aliphatic carbocycles. The molecule has 90 valence electrons. The van der Waals surface area contributed by atoms with E-state index in [0.29, 0.717) is 5.92 Å². The van der Waals surface area contributed by atoms with Crippen LogP contribution in [-0.2, 0) is 4.79 Å². The molecular weight excluding hydrogens is 238 g/mol. The Hall–Kier alpha value is -1.36. The van der Waals surface area contributed by atoms with E-state index in [1.54, 1.807) is 23.9 Å². The molecule has 0 bridgehead atoms. The van der Waals surface area contributed by atoms with Gasteiger partial charge < -0.3 is 9.52 Å². The molecule has 0 unspecified atom stereocenters. The Labute approximate surface area is 102 Å². The highest BCUT2D eigenvalue weighted by atomic mass is 32.1. The Morgan fingerprint density at radius 3 is 2.76 bits per heavy atom. The predicted octanol–water partition coefficient (Wildman–Crippen LogP) is 3.25. The first-order valence-corrected chi connectivity index (χ1v) is 6.61. The van der Waals surface area contributed by atoms with Gasteiger partial charge in [0, 0.05) is 5.92 Å². The molecule has 17 heavy (non-hydrogen) atoms. The van der Waals surface area contributed by atoms with Gasteiger partial charge in [0.1, 0.15) is 18.0 Å². The highest BCUT2D eigenvalue weighted by Crippen LogP contribution is 2.39. The first-order valence-electron chi connectivity index (χ1n) is 5.79. The van der Waals surface area contributed by atoms with E-state index in [1.807, 2.05) is 0 Å². The Morgan fingerprint density at radius 1 is 1.35 bits per heavy atom. The van der Waals surface area contributed by atoms with Crippen molar-refractivity contribution in [3.8, 4) is 0 Å². The third-order valence-corrected chi connectivity index (χ3v) is 4.64. The smallest absolute Gasteiger partial charge is 0.306 e. The highest BCUT2D eigenvalue weighted by molar-refractivity contribution is 7.18. The minimum atomic E-state index is -0.653. The van der Waals surface area contributed by atoms with Crippen LogP contribution in [0.25, 0.3) is 10.2 Å². The molecule has 0 atom stereocenters. The van der Waals surface area contributed by atoms with Gasteiger partial charge in [-0.2, -0.15) is 0 Å². The second-order valence-electron chi connectivity index (χ2n) is 4.56. The Balaban J connectivity index is 1.74. The average Bonchev–Trinajstić information content (AvgIpc) is 2.89. The van der Waals surface area contributed by atoms with Crippen LogP contribution in [0.3, 0.4) is 0 Å². The second kappa shape index (κ2) is 4.14. The molecule has 2 aromatic rings. The van der Waals surface area contributed by atoms with Crippen LogP contribution in [0.15, 0.2) is 16.9 Å². The van der Waals surface area contributed by atoms with Gasteiger partial charge in [-0.1, -0.05) is 0 Å². The molecule has 0 amide bonds. The van der Waals surface area contributed by atoms with Crippen molar-refractivity contribution in [1.29, 1.82) is 0 Å². The van der Waals surface area contributed by atoms with Crippen molar-refractivity contribution in [2.75, 3.05) is 0 Å². The molecule has 0 aromatic carbocycles. The number of thiazole rings is 1. The van der Waals surface area contributed by atoms with E-state index in [9.17, 15) is 4.79 Å². The van der Waals surface area contributed by atoms with Gasteiger partial charge in [0.2, 0.25) is 0 Å². The molecule has 1 fully saturated rings. The Morgan fingerprint density at radius 2 is 2.12 bits per heavy atom. The number of carbonyl (C=O) groups is 1. The van der Waals surface area contributed by atoms with Gasteiger partial charge in [0.05, 0.1) is 15.6 Å². The lowest BCUT2D eigenvalue weighted by molar-refractivity contribution is -0.142. The number of aromatic nitrogens is 1. The summed E-state index contributed by atoms with van der Waals surface area (Å²) >= 11 is 1.67. The van der Waals surface area contributed by atoms with Gasteiger partial charge in [-0.05, 0) is 25.7 Å². The minimum absolute atomic E-state index is 0.153. The summed E-state index contributed by atoms with van der Waals surface area (Å²) in [4.78, 5) is 15.4. The number of hydrogen-bond donors (Lipinski definition) is 1. The number of aliphatic carboxylic acids is 1. The fraction of sp³-hybridized carbons (Fsp3) is 0.500. The Kier molecular flexibility index (Phi) is 2.63. The van der Waals surface area contributed by atoms with Crippen molar-refractivity contribution in [1.82, 2.24) is 4.98 Å². The summed E-state index contributed by atoms with van der Waals surface area (Å²) in [7, 11) is 0. The Bertz CT molecular complexity index is 508. The molecule has 0 aliphatic heterocycles. The van der Waals surface area contributed by atoms with E-state index in [-0.39, 0.29) is 5.92 Å². The van der Waals surface area contributed by atoms with Crippen LogP contribution in [0.2, 0.25) is 0 Å². The fourth-order valence-corrected chi connectivity index (χ4v) is 3.53. The standard InChI is InChI=1S/C12H13NO3S/c14-12(15)8-3-1-7(2-4-8)11-13-9-5-16-6-10(9)17-11/h5-8H,1-4H2,(H,14,15). The van der Waals surface area contributed by atoms with Gasteiger partial charge in [-0.25, -0.2) is 4.98 Å². The van der Waals surface area contributed by atoms with E-state index in [2.05, 4.69) is 4.98 Å². The molecule has 0 saturated heterocycles. The quantitative estimate of drug-likeness (QED) is 0.889. The van der Waals surface area contributed by atoms with E-state index >= 15 is 0 Å². The fourth-order valence-electron chi connectivity index (χ4n) is 2.45. The van der Waals surface area contributed by atoms with Gasteiger partial charge >= 0.3 is 5.97 Å². The van der Waals surface area contributed by atoms with E-state index in [0.717, 1.165) is 40.9 Å².